The second-order valence-electron chi connectivity index (χ2n) is 9.27. The zero-order valence-corrected chi connectivity index (χ0v) is 20.4. The number of hydrogen-bond acceptors (Lipinski definition) is 5. The highest BCUT2D eigenvalue weighted by atomic mass is 35.5. The number of nitriles is 1. The molecule has 3 heterocycles. The van der Waals surface area contributed by atoms with Crippen LogP contribution < -0.4 is 10.2 Å². The van der Waals surface area contributed by atoms with E-state index in [-0.39, 0.29) is 5.91 Å². The first-order valence-electron chi connectivity index (χ1n) is 12.1. The van der Waals surface area contributed by atoms with E-state index in [2.05, 4.69) is 27.1 Å². The third-order valence-electron chi connectivity index (χ3n) is 7.12. The molecule has 1 amide bonds. The first-order chi connectivity index (χ1) is 17.1. The molecule has 2 aliphatic rings. The Bertz CT molecular complexity index is 1230. The molecule has 0 radical (unpaired) electrons. The fourth-order valence-corrected chi connectivity index (χ4v) is 5.38. The van der Waals surface area contributed by atoms with E-state index in [1.807, 2.05) is 59.9 Å². The fraction of sp³-hybridized carbons (Fsp3) is 0.370. The summed E-state index contributed by atoms with van der Waals surface area (Å²) in [4.78, 5) is 21.9. The van der Waals surface area contributed by atoms with Crippen molar-refractivity contribution in [2.24, 2.45) is 5.92 Å². The smallest absolute Gasteiger partial charge is 0.248 e. The number of benzene rings is 2. The van der Waals surface area contributed by atoms with Crippen LogP contribution in [0.15, 0.2) is 61.1 Å². The summed E-state index contributed by atoms with van der Waals surface area (Å²) in [6, 6.07) is 15.2. The maximum Gasteiger partial charge on any atom is 0.248 e. The highest BCUT2D eigenvalue weighted by Gasteiger charge is 2.32. The number of fused-ring (bicyclic) bond motifs is 1. The predicted octanol–water partition coefficient (Wildman–Crippen LogP) is 4.15. The lowest BCUT2D eigenvalue weighted by molar-refractivity contribution is -0.120. The molecule has 0 bridgehead atoms. The van der Waals surface area contributed by atoms with Gasteiger partial charge >= 0.3 is 0 Å². The number of likely N-dealkylation sites (tertiary alicyclic amines) is 1. The molecular formula is C27H29ClN6O. The number of nitrogens with zero attached hydrogens (tertiary/aromatic N) is 5. The number of imidazole rings is 1. The van der Waals surface area contributed by atoms with Crippen molar-refractivity contribution in [1.29, 1.82) is 5.26 Å². The average Bonchev–Trinajstić information content (AvgIpc) is 3.27. The van der Waals surface area contributed by atoms with Gasteiger partial charge in [0.1, 0.15) is 6.04 Å². The van der Waals surface area contributed by atoms with E-state index in [1.165, 1.54) is 5.56 Å². The molecule has 1 unspecified atom stereocenters. The SMILES string of the molecule is N#CN1CCC(Cn2cncc2CNC2C(=O)N(c3ccccc3Cl)CCc3ccccc32)CC1. The lowest BCUT2D eigenvalue weighted by Crippen LogP contribution is -2.40. The number of carbonyl (C=O) groups is 1. The summed E-state index contributed by atoms with van der Waals surface area (Å²) in [5.41, 5.74) is 3.98. The first-order valence-corrected chi connectivity index (χ1v) is 12.5. The van der Waals surface area contributed by atoms with Crippen LogP contribution in [0, 0.1) is 17.4 Å². The summed E-state index contributed by atoms with van der Waals surface area (Å²) in [5, 5.41) is 13.2. The lowest BCUT2D eigenvalue weighted by Gasteiger charge is -2.29. The van der Waals surface area contributed by atoms with Crippen molar-refractivity contribution in [3.05, 3.63) is 82.9 Å². The van der Waals surface area contributed by atoms with E-state index >= 15 is 0 Å². The highest BCUT2D eigenvalue weighted by Crippen LogP contribution is 2.32. The van der Waals surface area contributed by atoms with Gasteiger partial charge in [0, 0.05) is 38.9 Å². The highest BCUT2D eigenvalue weighted by molar-refractivity contribution is 6.33. The van der Waals surface area contributed by atoms with Crippen molar-refractivity contribution in [2.45, 2.75) is 38.4 Å². The molecule has 1 saturated heterocycles. The Kier molecular flexibility index (Phi) is 7.03. The van der Waals surface area contributed by atoms with Gasteiger partial charge in [0.15, 0.2) is 6.19 Å². The van der Waals surface area contributed by atoms with E-state index in [0.717, 1.165) is 55.8 Å². The molecule has 0 saturated carbocycles. The number of aromatic nitrogens is 2. The third-order valence-corrected chi connectivity index (χ3v) is 7.44. The molecule has 7 nitrogen and oxygen atoms in total. The minimum atomic E-state index is -0.479. The number of amides is 1. The zero-order valence-electron chi connectivity index (χ0n) is 19.6. The number of rotatable bonds is 6. The molecule has 35 heavy (non-hydrogen) atoms. The number of carbonyl (C=O) groups excluding carboxylic acids is 1. The molecule has 3 aromatic rings. The average molecular weight is 489 g/mol. The molecule has 0 spiro atoms. The summed E-state index contributed by atoms with van der Waals surface area (Å²) < 4.78 is 2.18. The second kappa shape index (κ2) is 10.5. The van der Waals surface area contributed by atoms with Crippen molar-refractivity contribution >= 4 is 23.2 Å². The van der Waals surface area contributed by atoms with E-state index in [1.54, 1.807) is 4.90 Å². The zero-order chi connectivity index (χ0) is 24.2. The first kappa shape index (κ1) is 23.4. The van der Waals surface area contributed by atoms with Gasteiger partial charge in [0.25, 0.3) is 0 Å². The molecular weight excluding hydrogens is 460 g/mol. The summed E-state index contributed by atoms with van der Waals surface area (Å²) in [5.74, 6) is 0.515. The van der Waals surface area contributed by atoms with Gasteiger partial charge in [-0.15, -0.1) is 0 Å². The van der Waals surface area contributed by atoms with Crippen molar-refractivity contribution < 1.29 is 4.79 Å². The van der Waals surface area contributed by atoms with Crippen LogP contribution in [0.4, 0.5) is 5.69 Å². The van der Waals surface area contributed by atoms with Crippen molar-refractivity contribution in [3.63, 3.8) is 0 Å². The summed E-state index contributed by atoms with van der Waals surface area (Å²) in [6.45, 7) is 3.61. The normalized spacial score (nSPS) is 18.7. The maximum atomic E-state index is 13.8. The van der Waals surface area contributed by atoms with E-state index < -0.39 is 6.04 Å². The number of halogens is 1. The Balaban J connectivity index is 1.34. The molecule has 0 aliphatic carbocycles. The van der Waals surface area contributed by atoms with Crippen molar-refractivity contribution in [3.8, 4) is 6.19 Å². The van der Waals surface area contributed by atoms with Crippen LogP contribution >= 0.6 is 11.6 Å². The van der Waals surface area contributed by atoms with Crippen LogP contribution in [0.1, 0.15) is 35.7 Å². The Morgan fingerprint density at radius 2 is 1.86 bits per heavy atom. The Hall–Kier alpha value is -3.34. The summed E-state index contributed by atoms with van der Waals surface area (Å²) in [6.07, 6.45) is 8.75. The van der Waals surface area contributed by atoms with E-state index in [4.69, 9.17) is 16.9 Å². The van der Waals surface area contributed by atoms with Gasteiger partial charge in [-0.3, -0.25) is 10.1 Å². The van der Waals surface area contributed by atoms with Crippen LogP contribution in [0.5, 0.6) is 0 Å². The number of hydrogen-bond donors (Lipinski definition) is 1. The van der Waals surface area contributed by atoms with Gasteiger partial charge in [-0.2, -0.15) is 5.26 Å². The lowest BCUT2D eigenvalue weighted by atomic mass is 9.97. The van der Waals surface area contributed by atoms with E-state index in [9.17, 15) is 4.79 Å². The number of piperidine rings is 1. The number of nitrogens with one attached hydrogen (secondary N) is 1. The standard InChI is InChI=1S/C27H29ClN6O/c28-24-7-3-4-8-25(24)34-14-11-21-5-1-2-6-23(21)26(27(34)35)31-16-22-15-30-19-33(22)17-20-9-12-32(18-29)13-10-20/h1-8,15,19-20,26,31H,9-14,16-17H2. The molecule has 1 fully saturated rings. The largest absolute Gasteiger partial charge is 0.333 e. The topological polar surface area (TPSA) is 77.2 Å². The van der Waals surface area contributed by atoms with Gasteiger partial charge in [-0.05, 0) is 48.4 Å². The van der Waals surface area contributed by atoms with Gasteiger partial charge in [0.2, 0.25) is 5.91 Å². The molecule has 2 aromatic carbocycles. The Labute approximate surface area is 210 Å². The van der Waals surface area contributed by atoms with Crippen LogP contribution in [-0.4, -0.2) is 40.0 Å². The van der Waals surface area contributed by atoms with Crippen LogP contribution in [0.2, 0.25) is 5.02 Å². The molecule has 180 valence electrons. The maximum absolute atomic E-state index is 13.8. The van der Waals surface area contributed by atoms with Crippen molar-refractivity contribution in [1.82, 2.24) is 19.8 Å². The van der Waals surface area contributed by atoms with Gasteiger partial charge in [-0.1, -0.05) is 48.0 Å². The summed E-state index contributed by atoms with van der Waals surface area (Å²) in [7, 11) is 0. The van der Waals surface area contributed by atoms with E-state index in [0.29, 0.717) is 24.0 Å². The molecule has 5 rings (SSSR count). The Morgan fingerprint density at radius 1 is 1.09 bits per heavy atom. The molecule has 1 aromatic heterocycles. The summed E-state index contributed by atoms with van der Waals surface area (Å²) >= 11 is 6.48. The van der Waals surface area contributed by atoms with Crippen LogP contribution in [0.25, 0.3) is 0 Å². The van der Waals surface area contributed by atoms with Crippen molar-refractivity contribution in [2.75, 3.05) is 24.5 Å². The Morgan fingerprint density at radius 3 is 2.66 bits per heavy atom. The number of anilines is 1. The fourth-order valence-electron chi connectivity index (χ4n) is 5.14. The molecule has 1 atom stereocenters. The van der Waals surface area contributed by atoms with Gasteiger partial charge in [0.05, 0.1) is 22.7 Å². The van der Waals surface area contributed by atoms with Gasteiger partial charge < -0.3 is 14.4 Å². The monoisotopic (exact) mass is 488 g/mol. The van der Waals surface area contributed by atoms with Crippen LogP contribution in [0.3, 0.4) is 0 Å². The van der Waals surface area contributed by atoms with Gasteiger partial charge in [-0.25, -0.2) is 4.98 Å². The quantitative estimate of drug-likeness (QED) is 0.527. The third kappa shape index (κ3) is 5.04. The minimum Gasteiger partial charge on any atom is -0.333 e. The molecule has 8 heteroatoms. The molecule has 2 aliphatic heterocycles. The predicted molar refractivity (Wildman–Crippen MR) is 136 cm³/mol. The van der Waals surface area contributed by atoms with Crippen LogP contribution in [-0.2, 0) is 24.3 Å². The number of para-hydroxylation sites is 1. The molecule has 1 N–H and O–H groups in total. The minimum absolute atomic E-state index is 0.00186. The second-order valence-corrected chi connectivity index (χ2v) is 9.68.